The average Bonchev–Trinajstić information content (AvgIpc) is 2.60. The minimum absolute atomic E-state index is 0.0492. The van der Waals surface area contributed by atoms with Crippen molar-refractivity contribution in [3.8, 4) is 5.75 Å². The fourth-order valence-corrected chi connectivity index (χ4v) is 3.45. The molecule has 0 aliphatic rings. The van der Waals surface area contributed by atoms with Gasteiger partial charge in [0.15, 0.2) is 0 Å². The van der Waals surface area contributed by atoms with Crippen LogP contribution in [0.3, 0.4) is 0 Å². The molecule has 0 saturated carbocycles. The smallest absolute Gasteiger partial charge is 0.127 e. The van der Waals surface area contributed by atoms with Gasteiger partial charge in [-0.15, -0.1) is 0 Å². The minimum atomic E-state index is -0.0492. The fraction of sp³-hybridized carbons (Fsp3) is 0.739. The SMILES string of the molecule is CCCC(C)c1cc(C(C)CC)cc(C(N)CCCCO)c1OC(C)C. The van der Waals surface area contributed by atoms with Crippen LogP contribution in [0.15, 0.2) is 12.1 Å². The Kier molecular flexibility index (Phi) is 10.3. The highest BCUT2D eigenvalue weighted by Crippen LogP contribution is 2.40. The van der Waals surface area contributed by atoms with Gasteiger partial charge >= 0.3 is 0 Å². The molecule has 0 aromatic heterocycles. The second-order valence-electron chi connectivity index (χ2n) is 8.02. The summed E-state index contributed by atoms with van der Waals surface area (Å²) >= 11 is 0. The Morgan fingerprint density at radius 1 is 0.962 bits per heavy atom. The maximum atomic E-state index is 9.08. The molecule has 0 spiro atoms. The van der Waals surface area contributed by atoms with E-state index in [4.69, 9.17) is 15.6 Å². The van der Waals surface area contributed by atoms with Gasteiger partial charge in [0, 0.05) is 18.2 Å². The molecule has 3 N–H and O–H groups in total. The summed E-state index contributed by atoms with van der Waals surface area (Å²) < 4.78 is 6.31. The Balaban J connectivity index is 3.41. The number of hydrogen-bond acceptors (Lipinski definition) is 3. The van der Waals surface area contributed by atoms with Crippen LogP contribution in [0.2, 0.25) is 0 Å². The first-order valence-corrected chi connectivity index (χ1v) is 10.6. The summed E-state index contributed by atoms with van der Waals surface area (Å²) in [6.45, 7) is 13.4. The van der Waals surface area contributed by atoms with Crippen molar-refractivity contribution in [1.82, 2.24) is 0 Å². The van der Waals surface area contributed by atoms with Crippen molar-refractivity contribution >= 4 is 0 Å². The first kappa shape index (κ1) is 23.0. The maximum absolute atomic E-state index is 9.08. The number of ether oxygens (including phenoxy) is 1. The van der Waals surface area contributed by atoms with E-state index in [9.17, 15) is 0 Å². The molecular weight excluding hydrogens is 322 g/mol. The van der Waals surface area contributed by atoms with Gasteiger partial charge in [-0.2, -0.15) is 0 Å². The molecule has 0 aliphatic heterocycles. The summed E-state index contributed by atoms with van der Waals surface area (Å²) in [5.41, 5.74) is 10.4. The van der Waals surface area contributed by atoms with E-state index >= 15 is 0 Å². The molecular formula is C23H41NO2. The van der Waals surface area contributed by atoms with E-state index in [2.05, 4.69) is 53.7 Å². The Bertz CT molecular complexity index is 527. The summed E-state index contributed by atoms with van der Waals surface area (Å²) in [5.74, 6) is 1.98. The lowest BCUT2D eigenvalue weighted by Crippen LogP contribution is -2.18. The molecule has 3 nitrogen and oxygen atoms in total. The molecule has 1 aromatic rings. The minimum Gasteiger partial charge on any atom is -0.490 e. The van der Waals surface area contributed by atoms with Gasteiger partial charge in [0.25, 0.3) is 0 Å². The third-order valence-corrected chi connectivity index (χ3v) is 5.28. The molecule has 0 aliphatic carbocycles. The van der Waals surface area contributed by atoms with Crippen LogP contribution in [-0.4, -0.2) is 17.8 Å². The van der Waals surface area contributed by atoms with Crippen LogP contribution in [0.4, 0.5) is 0 Å². The van der Waals surface area contributed by atoms with Crippen molar-refractivity contribution in [3.63, 3.8) is 0 Å². The molecule has 0 fully saturated rings. The Morgan fingerprint density at radius 2 is 1.62 bits per heavy atom. The molecule has 1 aromatic carbocycles. The van der Waals surface area contributed by atoms with E-state index in [0.29, 0.717) is 11.8 Å². The molecule has 0 radical (unpaired) electrons. The Morgan fingerprint density at radius 3 is 2.15 bits per heavy atom. The van der Waals surface area contributed by atoms with Gasteiger partial charge in [0.05, 0.1) is 6.10 Å². The third-order valence-electron chi connectivity index (χ3n) is 5.28. The van der Waals surface area contributed by atoms with Crippen LogP contribution < -0.4 is 10.5 Å². The number of unbranched alkanes of at least 4 members (excludes halogenated alkanes) is 1. The number of aliphatic hydroxyl groups excluding tert-OH is 1. The van der Waals surface area contributed by atoms with Crippen LogP contribution in [0, 0.1) is 0 Å². The number of benzene rings is 1. The Hall–Kier alpha value is -1.06. The highest BCUT2D eigenvalue weighted by atomic mass is 16.5. The van der Waals surface area contributed by atoms with Crippen LogP contribution in [-0.2, 0) is 0 Å². The van der Waals surface area contributed by atoms with Crippen molar-refractivity contribution in [3.05, 3.63) is 28.8 Å². The zero-order chi connectivity index (χ0) is 19.7. The summed E-state index contributed by atoms with van der Waals surface area (Å²) in [6.07, 6.45) is 6.17. The van der Waals surface area contributed by atoms with Crippen molar-refractivity contribution in [2.75, 3.05) is 6.61 Å². The molecule has 3 heteroatoms. The second kappa shape index (κ2) is 11.6. The number of rotatable bonds is 12. The third kappa shape index (κ3) is 6.59. The van der Waals surface area contributed by atoms with Gasteiger partial charge in [0.1, 0.15) is 5.75 Å². The first-order valence-electron chi connectivity index (χ1n) is 10.6. The standard InChI is InChI=1S/C23H41NO2/c1-7-11-18(6)20-14-19(17(5)8-2)15-21(23(20)26-16(3)4)22(24)12-9-10-13-25/h14-18,22,25H,7-13,24H2,1-6H3. The van der Waals surface area contributed by atoms with Crippen LogP contribution in [0.25, 0.3) is 0 Å². The van der Waals surface area contributed by atoms with Crippen molar-refractivity contribution in [2.24, 2.45) is 5.73 Å². The molecule has 3 atom stereocenters. The normalized spacial score (nSPS) is 15.1. The van der Waals surface area contributed by atoms with E-state index in [0.717, 1.165) is 49.8 Å². The highest BCUT2D eigenvalue weighted by Gasteiger charge is 2.22. The number of nitrogens with two attached hydrogens (primary N) is 1. The predicted molar refractivity (Wildman–Crippen MR) is 112 cm³/mol. The molecule has 0 heterocycles. The average molecular weight is 364 g/mol. The van der Waals surface area contributed by atoms with Gasteiger partial charge in [-0.1, -0.05) is 46.2 Å². The van der Waals surface area contributed by atoms with Crippen LogP contribution in [0.5, 0.6) is 5.75 Å². The molecule has 3 unspecified atom stereocenters. The number of hydrogen-bond donors (Lipinski definition) is 2. The largest absolute Gasteiger partial charge is 0.490 e. The van der Waals surface area contributed by atoms with Crippen molar-refractivity contribution < 1.29 is 9.84 Å². The molecule has 0 bridgehead atoms. The summed E-state index contributed by atoms with van der Waals surface area (Å²) in [4.78, 5) is 0. The molecule has 1 rings (SSSR count). The van der Waals surface area contributed by atoms with E-state index in [1.807, 2.05) is 0 Å². The van der Waals surface area contributed by atoms with Gasteiger partial charge in [-0.3, -0.25) is 0 Å². The van der Waals surface area contributed by atoms with Crippen molar-refractivity contribution in [2.45, 2.75) is 104 Å². The Labute approximate surface area is 161 Å². The maximum Gasteiger partial charge on any atom is 0.127 e. The molecule has 26 heavy (non-hydrogen) atoms. The highest BCUT2D eigenvalue weighted by molar-refractivity contribution is 5.49. The molecule has 150 valence electrons. The van der Waals surface area contributed by atoms with E-state index < -0.39 is 0 Å². The second-order valence-corrected chi connectivity index (χ2v) is 8.02. The predicted octanol–water partition coefficient (Wildman–Crippen LogP) is 6.05. The van der Waals surface area contributed by atoms with E-state index in [1.165, 1.54) is 11.1 Å². The summed E-state index contributed by atoms with van der Waals surface area (Å²) in [7, 11) is 0. The first-order chi connectivity index (χ1) is 12.3. The summed E-state index contributed by atoms with van der Waals surface area (Å²) in [5, 5.41) is 9.08. The topological polar surface area (TPSA) is 55.5 Å². The van der Waals surface area contributed by atoms with Gasteiger partial charge in [-0.25, -0.2) is 0 Å². The lowest BCUT2D eigenvalue weighted by Gasteiger charge is -2.27. The monoisotopic (exact) mass is 363 g/mol. The van der Waals surface area contributed by atoms with E-state index in [1.54, 1.807) is 0 Å². The van der Waals surface area contributed by atoms with Crippen LogP contribution >= 0.6 is 0 Å². The number of aliphatic hydroxyl groups is 1. The van der Waals surface area contributed by atoms with Gasteiger partial charge < -0.3 is 15.6 Å². The quantitative estimate of drug-likeness (QED) is 0.444. The van der Waals surface area contributed by atoms with Crippen molar-refractivity contribution in [1.29, 1.82) is 0 Å². The lowest BCUT2D eigenvalue weighted by molar-refractivity contribution is 0.234. The zero-order valence-corrected chi connectivity index (χ0v) is 17.8. The van der Waals surface area contributed by atoms with E-state index in [-0.39, 0.29) is 18.8 Å². The summed E-state index contributed by atoms with van der Waals surface area (Å²) in [6, 6.07) is 4.58. The molecule has 0 saturated heterocycles. The van der Waals surface area contributed by atoms with Gasteiger partial charge in [-0.05, 0) is 68.9 Å². The fourth-order valence-electron chi connectivity index (χ4n) is 3.45. The lowest BCUT2D eigenvalue weighted by atomic mass is 9.85. The zero-order valence-electron chi connectivity index (χ0n) is 17.8. The van der Waals surface area contributed by atoms with Crippen LogP contribution in [0.1, 0.15) is 115 Å². The van der Waals surface area contributed by atoms with Gasteiger partial charge in [0.2, 0.25) is 0 Å². The molecule has 0 amide bonds.